The van der Waals surface area contributed by atoms with E-state index in [9.17, 15) is 0 Å². The second kappa shape index (κ2) is 9.96. The zero-order chi connectivity index (χ0) is 20.8. The van der Waals surface area contributed by atoms with Gasteiger partial charge in [0.15, 0.2) is 5.96 Å². The number of ether oxygens (including phenoxy) is 2. The molecule has 2 aromatic rings. The first kappa shape index (κ1) is 20.7. The molecule has 2 saturated heterocycles. The molecule has 160 valence electrons. The van der Waals surface area contributed by atoms with Crippen molar-refractivity contribution in [1.82, 2.24) is 10.2 Å². The van der Waals surface area contributed by atoms with Gasteiger partial charge in [0.2, 0.25) is 0 Å². The maximum absolute atomic E-state index is 6.07. The number of hydrogen-bond acceptors (Lipinski definition) is 4. The van der Waals surface area contributed by atoms with E-state index in [-0.39, 0.29) is 6.10 Å². The van der Waals surface area contributed by atoms with Crippen LogP contribution in [0.5, 0.6) is 0 Å². The van der Waals surface area contributed by atoms with Gasteiger partial charge in [-0.15, -0.1) is 0 Å². The van der Waals surface area contributed by atoms with Crippen molar-refractivity contribution in [3.05, 3.63) is 65.2 Å². The molecular weight excluding hydrogens is 376 g/mol. The molecule has 6 heteroatoms. The number of nitrogens with zero attached hydrogens (tertiary/aromatic N) is 3. The molecular formula is C24H32N4O2. The molecule has 2 aromatic carbocycles. The van der Waals surface area contributed by atoms with Gasteiger partial charge in [0.05, 0.1) is 26.4 Å². The number of aliphatic imine (C=N–C) groups is 1. The van der Waals surface area contributed by atoms with Gasteiger partial charge in [0.1, 0.15) is 6.10 Å². The first-order valence-electron chi connectivity index (χ1n) is 10.8. The summed E-state index contributed by atoms with van der Waals surface area (Å²) in [6.45, 7) is 8.79. The molecule has 6 nitrogen and oxygen atoms in total. The Morgan fingerprint density at radius 2 is 1.80 bits per heavy atom. The van der Waals surface area contributed by atoms with E-state index in [0.29, 0.717) is 6.61 Å². The second-order valence-electron chi connectivity index (χ2n) is 7.83. The van der Waals surface area contributed by atoms with E-state index in [4.69, 9.17) is 9.47 Å². The van der Waals surface area contributed by atoms with Crippen LogP contribution in [0.1, 0.15) is 22.8 Å². The van der Waals surface area contributed by atoms with Crippen molar-refractivity contribution >= 4 is 11.6 Å². The largest absolute Gasteiger partial charge is 0.378 e. The van der Waals surface area contributed by atoms with Gasteiger partial charge in [0, 0.05) is 38.9 Å². The fraction of sp³-hybridized carbons (Fsp3) is 0.458. The van der Waals surface area contributed by atoms with Gasteiger partial charge in [0.25, 0.3) is 0 Å². The van der Waals surface area contributed by atoms with E-state index in [1.54, 1.807) is 0 Å². The number of anilines is 1. The summed E-state index contributed by atoms with van der Waals surface area (Å²) in [6, 6.07) is 17.3. The van der Waals surface area contributed by atoms with Crippen LogP contribution in [0.25, 0.3) is 0 Å². The highest BCUT2D eigenvalue weighted by molar-refractivity contribution is 5.80. The summed E-state index contributed by atoms with van der Waals surface area (Å²) in [5, 5.41) is 3.53. The van der Waals surface area contributed by atoms with Gasteiger partial charge < -0.3 is 24.6 Å². The first-order valence-corrected chi connectivity index (χ1v) is 10.8. The minimum absolute atomic E-state index is 0.0753. The number of guanidine groups is 1. The quantitative estimate of drug-likeness (QED) is 0.623. The Balaban J connectivity index is 1.34. The Labute approximate surface area is 179 Å². The standard InChI is InChI=1S/C24H32N4O2/c1-19-5-3-4-6-22(19)23-18-28(13-16-30-23)24(25-2)26-17-20-7-9-21(10-8-20)27-11-14-29-15-12-27/h3-10,23H,11-18H2,1-2H3,(H,25,26). The summed E-state index contributed by atoms with van der Waals surface area (Å²) in [6.07, 6.45) is 0.0753. The number of aryl methyl sites for hydroxylation is 1. The van der Waals surface area contributed by atoms with E-state index in [1.807, 2.05) is 7.05 Å². The van der Waals surface area contributed by atoms with E-state index in [0.717, 1.165) is 51.9 Å². The lowest BCUT2D eigenvalue weighted by Crippen LogP contribution is -2.48. The van der Waals surface area contributed by atoms with Crippen LogP contribution in [0.3, 0.4) is 0 Å². The Morgan fingerprint density at radius 1 is 1.03 bits per heavy atom. The molecule has 1 N–H and O–H groups in total. The molecule has 4 rings (SSSR count). The summed E-state index contributed by atoms with van der Waals surface area (Å²) in [5.74, 6) is 0.925. The molecule has 30 heavy (non-hydrogen) atoms. The van der Waals surface area contributed by atoms with Crippen LogP contribution >= 0.6 is 0 Å². The summed E-state index contributed by atoms with van der Waals surface area (Å²) >= 11 is 0. The molecule has 0 saturated carbocycles. The molecule has 0 bridgehead atoms. The van der Waals surface area contributed by atoms with Gasteiger partial charge in [-0.05, 0) is 35.7 Å². The molecule has 2 fully saturated rings. The predicted molar refractivity (Wildman–Crippen MR) is 121 cm³/mol. The maximum atomic E-state index is 6.07. The summed E-state index contributed by atoms with van der Waals surface area (Å²) in [4.78, 5) is 9.19. The Kier molecular flexibility index (Phi) is 6.87. The second-order valence-corrected chi connectivity index (χ2v) is 7.83. The summed E-state index contributed by atoms with van der Waals surface area (Å²) < 4.78 is 11.5. The van der Waals surface area contributed by atoms with E-state index in [2.05, 4.69) is 75.6 Å². The number of benzene rings is 2. The highest BCUT2D eigenvalue weighted by Crippen LogP contribution is 2.25. The molecule has 0 aliphatic carbocycles. The van der Waals surface area contributed by atoms with Gasteiger partial charge in [-0.3, -0.25) is 4.99 Å². The smallest absolute Gasteiger partial charge is 0.194 e. The van der Waals surface area contributed by atoms with Crippen LogP contribution in [-0.4, -0.2) is 63.9 Å². The van der Waals surface area contributed by atoms with E-state index >= 15 is 0 Å². The van der Waals surface area contributed by atoms with Crippen molar-refractivity contribution < 1.29 is 9.47 Å². The third-order valence-corrected chi connectivity index (χ3v) is 5.88. The number of rotatable bonds is 4. The molecule has 0 radical (unpaired) electrons. The van der Waals surface area contributed by atoms with Gasteiger partial charge >= 0.3 is 0 Å². The topological polar surface area (TPSA) is 49.3 Å². The highest BCUT2D eigenvalue weighted by atomic mass is 16.5. The molecule has 1 unspecified atom stereocenters. The lowest BCUT2D eigenvalue weighted by Gasteiger charge is -2.35. The molecule has 2 aliphatic rings. The minimum atomic E-state index is 0.0753. The number of hydrogen-bond donors (Lipinski definition) is 1. The lowest BCUT2D eigenvalue weighted by atomic mass is 10.0. The van der Waals surface area contributed by atoms with Crippen molar-refractivity contribution in [3.63, 3.8) is 0 Å². The molecule has 0 aromatic heterocycles. The van der Waals surface area contributed by atoms with Crippen molar-refractivity contribution in [3.8, 4) is 0 Å². The zero-order valence-electron chi connectivity index (χ0n) is 18.0. The Hall–Kier alpha value is -2.57. The maximum Gasteiger partial charge on any atom is 0.194 e. The highest BCUT2D eigenvalue weighted by Gasteiger charge is 2.25. The fourth-order valence-corrected chi connectivity index (χ4v) is 4.14. The van der Waals surface area contributed by atoms with Crippen LogP contribution in [-0.2, 0) is 16.0 Å². The number of nitrogens with one attached hydrogen (secondary N) is 1. The first-order chi connectivity index (χ1) is 14.7. The zero-order valence-corrected chi connectivity index (χ0v) is 18.0. The van der Waals surface area contributed by atoms with Crippen molar-refractivity contribution in [1.29, 1.82) is 0 Å². The third-order valence-electron chi connectivity index (χ3n) is 5.88. The van der Waals surface area contributed by atoms with Gasteiger partial charge in [-0.25, -0.2) is 0 Å². The van der Waals surface area contributed by atoms with Crippen LogP contribution in [0.4, 0.5) is 5.69 Å². The van der Waals surface area contributed by atoms with Crippen LogP contribution in [0.2, 0.25) is 0 Å². The Morgan fingerprint density at radius 3 is 2.53 bits per heavy atom. The average molecular weight is 409 g/mol. The van der Waals surface area contributed by atoms with Crippen LogP contribution < -0.4 is 10.2 Å². The monoisotopic (exact) mass is 408 g/mol. The normalized spacial score (nSPS) is 20.3. The summed E-state index contributed by atoms with van der Waals surface area (Å²) in [7, 11) is 1.85. The molecule has 0 spiro atoms. The van der Waals surface area contributed by atoms with E-state index in [1.165, 1.54) is 22.4 Å². The molecule has 1 atom stereocenters. The molecule has 0 amide bonds. The van der Waals surface area contributed by atoms with Crippen molar-refractivity contribution in [2.45, 2.75) is 19.6 Å². The van der Waals surface area contributed by atoms with Crippen molar-refractivity contribution in [2.24, 2.45) is 4.99 Å². The SMILES string of the molecule is CN=C(NCc1ccc(N2CCOCC2)cc1)N1CCOC(c2ccccc2C)C1. The molecule has 2 heterocycles. The minimum Gasteiger partial charge on any atom is -0.378 e. The van der Waals surface area contributed by atoms with Gasteiger partial charge in [-0.1, -0.05) is 36.4 Å². The molecule has 2 aliphatic heterocycles. The predicted octanol–water partition coefficient (Wildman–Crippen LogP) is 2.98. The average Bonchev–Trinajstić information content (AvgIpc) is 2.81. The fourth-order valence-electron chi connectivity index (χ4n) is 4.14. The van der Waals surface area contributed by atoms with Crippen molar-refractivity contribution in [2.75, 3.05) is 57.9 Å². The van der Waals surface area contributed by atoms with Crippen LogP contribution in [0.15, 0.2) is 53.5 Å². The van der Waals surface area contributed by atoms with Crippen LogP contribution in [0, 0.1) is 6.92 Å². The number of morpholine rings is 2. The van der Waals surface area contributed by atoms with E-state index < -0.39 is 0 Å². The third kappa shape index (κ3) is 4.94. The lowest BCUT2D eigenvalue weighted by molar-refractivity contribution is -0.00833. The Bertz CT molecular complexity index is 847. The van der Waals surface area contributed by atoms with Gasteiger partial charge in [-0.2, -0.15) is 0 Å². The summed E-state index contributed by atoms with van der Waals surface area (Å²) in [5.41, 5.74) is 5.04.